The summed E-state index contributed by atoms with van der Waals surface area (Å²) in [4.78, 5) is 83.8. The molecule has 0 aliphatic carbocycles. The molecule has 5 amide bonds. The summed E-state index contributed by atoms with van der Waals surface area (Å²) in [5.74, 6) is -2.38. The van der Waals surface area contributed by atoms with E-state index >= 15 is 0 Å². The van der Waals surface area contributed by atoms with Gasteiger partial charge in [0.05, 0.1) is 63.5 Å². The maximum absolute atomic E-state index is 14.3. The number of likely N-dealkylation sites (tertiary alicyclic amines) is 1. The first kappa shape index (κ1) is 54.6. The van der Waals surface area contributed by atoms with Gasteiger partial charge in [0.15, 0.2) is 5.72 Å². The molecular weight excluding hydrogens is 902 g/mol. The number of nitrogens with two attached hydrogens (primary N) is 1. The minimum absolute atomic E-state index is 0.000108. The van der Waals surface area contributed by atoms with Gasteiger partial charge in [-0.05, 0) is 58.7 Å². The predicted octanol–water partition coefficient (Wildman–Crippen LogP) is 3.23. The molecule has 3 fully saturated rings. The lowest BCUT2D eigenvalue weighted by molar-refractivity contribution is -0.162. The number of hydrogen-bond acceptors (Lipinski definition) is 16. The third-order valence-corrected chi connectivity index (χ3v) is 14.2. The molecule has 3 aliphatic heterocycles. The number of cyclic esters (lactones) is 1. The summed E-state index contributed by atoms with van der Waals surface area (Å²) in [6.07, 6.45) is -2.34. The molecule has 3 aliphatic rings. The van der Waals surface area contributed by atoms with Crippen molar-refractivity contribution in [2.45, 2.75) is 121 Å². The summed E-state index contributed by atoms with van der Waals surface area (Å²) in [6, 6.07) is 2.47. The molecule has 4 N–H and O–H groups in total. The van der Waals surface area contributed by atoms with Gasteiger partial charge in [0.2, 0.25) is 23.6 Å². The Morgan fingerprint density at radius 1 is 1.09 bits per heavy atom. The molecule has 0 saturated carbocycles. The number of rotatable bonds is 26. The second-order valence-corrected chi connectivity index (χ2v) is 18.8. The second-order valence-electron chi connectivity index (χ2n) is 17.1. The van der Waals surface area contributed by atoms with E-state index in [-0.39, 0.29) is 61.4 Å². The lowest BCUT2D eigenvalue weighted by Gasteiger charge is -2.41. The number of alkyl carbamates (subject to hydrolysis) is 1. The summed E-state index contributed by atoms with van der Waals surface area (Å²) >= 11 is 7.96. The monoisotopic (exact) mass is 969 g/mol. The van der Waals surface area contributed by atoms with Gasteiger partial charge in [0.25, 0.3) is 0 Å². The van der Waals surface area contributed by atoms with Crippen LogP contribution in [0, 0.1) is 5.92 Å². The molecule has 370 valence electrons. The molecule has 1 aromatic carbocycles. The predicted molar refractivity (Wildman–Crippen MR) is 246 cm³/mol. The number of amides is 5. The number of likely N-dealkylation sites (N-methyl/N-ethyl adjacent to an activating group) is 1. The van der Waals surface area contributed by atoms with E-state index in [9.17, 15) is 33.9 Å². The Kier molecular flexibility index (Phi) is 20.1. The SMILES string of the molecule is C/C=C(\C)Cc1cc(OC)c(Cl)c(N(C)C(=O)C[C@H](OC(=O)[C@H](C)N(C)C(=O)CCSC2CC(=O)N(CCOCCOCCN)C2=O)[C@]2(C)O[C@H]2[C@H](C)[C@@H]2C[C@](O)([C@@H](C)OC)NC(=O)O2)c1. The van der Waals surface area contributed by atoms with Crippen LogP contribution in [0.15, 0.2) is 23.8 Å². The number of ether oxygens (including phenoxy) is 7. The largest absolute Gasteiger partial charge is 0.495 e. The molecule has 3 heterocycles. The summed E-state index contributed by atoms with van der Waals surface area (Å²) in [6.45, 7) is 12.2. The zero-order chi connectivity index (χ0) is 49.1. The van der Waals surface area contributed by atoms with E-state index in [1.165, 1.54) is 49.8 Å². The molecule has 21 heteroatoms. The van der Waals surface area contributed by atoms with Crippen LogP contribution in [0.5, 0.6) is 5.75 Å². The van der Waals surface area contributed by atoms with Crippen molar-refractivity contribution < 1.29 is 67.0 Å². The number of methoxy groups -OCH3 is 2. The molecule has 0 aromatic heterocycles. The van der Waals surface area contributed by atoms with Crippen molar-refractivity contribution in [3.8, 4) is 5.75 Å². The Labute approximate surface area is 396 Å². The van der Waals surface area contributed by atoms with Crippen LogP contribution in [-0.4, -0.2) is 171 Å². The maximum atomic E-state index is 14.3. The van der Waals surface area contributed by atoms with E-state index in [4.69, 9.17) is 50.5 Å². The van der Waals surface area contributed by atoms with Crippen molar-refractivity contribution in [1.29, 1.82) is 0 Å². The first-order valence-electron chi connectivity index (χ1n) is 22.1. The third kappa shape index (κ3) is 13.6. The zero-order valence-electron chi connectivity index (χ0n) is 39.7. The summed E-state index contributed by atoms with van der Waals surface area (Å²) in [5, 5.41) is 13.3. The Hall–Kier alpha value is -4.02. The number of imide groups is 1. The van der Waals surface area contributed by atoms with Crippen LogP contribution in [-0.2, 0) is 58.8 Å². The molecule has 1 unspecified atom stereocenters. The molecule has 9 atom stereocenters. The van der Waals surface area contributed by atoms with Crippen LogP contribution in [0.2, 0.25) is 5.02 Å². The fraction of sp³-hybridized carbons (Fsp3) is 0.689. The van der Waals surface area contributed by atoms with Gasteiger partial charge >= 0.3 is 12.1 Å². The Bertz CT molecular complexity index is 1940. The Balaban J connectivity index is 1.46. The highest BCUT2D eigenvalue weighted by Gasteiger charge is 2.64. The van der Waals surface area contributed by atoms with Crippen LogP contribution < -0.4 is 20.7 Å². The van der Waals surface area contributed by atoms with E-state index < -0.39 is 76.8 Å². The Morgan fingerprint density at radius 2 is 1.77 bits per heavy atom. The average molecular weight is 971 g/mol. The minimum atomic E-state index is -1.75. The van der Waals surface area contributed by atoms with Gasteiger partial charge in [-0.25, -0.2) is 9.59 Å². The van der Waals surface area contributed by atoms with E-state index in [2.05, 4.69) is 5.32 Å². The van der Waals surface area contributed by atoms with Gasteiger partial charge in [-0.3, -0.25) is 29.4 Å². The normalized spacial score (nSPS) is 24.8. The number of benzene rings is 1. The minimum Gasteiger partial charge on any atom is -0.495 e. The highest BCUT2D eigenvalue weighted by atomic mass is 35.5. The van der Waals surface area contributed by atoms with Crippen LogP contribution in [0.1, 0.15) is 72.8 Å². The van der Waals surface area contributed by atoms with Gasteiger partial charge in [0.1, 0.15) is 40.7 Å². The number of aliphatic hydroxyl groups is 1. The smallest absolute Gasteiger partial charge is 0.409 e. The number of carbonyl (C=O) groups is 6. The van der Waals surface area contributed by atoms with Crippen molar-refractivity contribution in [3.05, 3.63) is 34.4 Å². The number of carbonyl (C=O) groups excluding carboxylic acids is 6. The van der Waals surface area contributed by atoms with Crippen molar-refractivity contribution >= 4 is 64.7 Å². The quantitative estimate of drug-likeness (QED) is 0.0397. The Morgan fingerprint density at radius 3 is 2.41 bits per heavy atom. The van der Waals surface area contributed by atoms with Gasteiger partial charge in [-0.15, -0.1) is 11.8 Å². The summed E-state index contributed by atoms with van der Waals surface area (Å²) in [5.41, 5.74) is 4.66. The van der Waals surface area contributed by atoms with Crippen LogP contribution in [0.4, 0.5) is 10.5 Å². The molecule has 66 heavy (non-hydrogen) atoms. The van der Waals surface area contributed by atoms with Crippen molar-refractivity contribution in [1.82, 2.24) is 15.1 Å². The van der Waals surface area contributed by atoms with Gasteiger partial charge in [-0.2, -0.15) is 0 Å². The number of nitrogens with one attached hydrogen (secondary N) is 1. The molecule has 1 aromatic rings. The standard InChI is InChI=1S/C45H68ClN5O14S/c1-11-26(2)20-30-21-31(39(46)32(22-30)60-10)50(8)37(53)24-35(44(6)40(65-44)27(3)33-25-45(58,29(5)59-9)48-43(57)63-33)64-42(56)28(4)49(7)36(52)12-19-66-34-23-38(54)51(41(34)55)14-16-62-18-17-61-15-13-47/h11,21-22,27-29,33-35,40,58H,12-20,23-25,47H2,1-10H3,(H,48,57)/b26-11+/t27-,28+,29-,33+,34?,35+,40+,44+,45+/m1/s1. The topological polar surface area (TPSA) is 238 Å². The van der Waals surface area contributed by atoms with Crippen LogP contribution >= 0.6 is 23.4 Å². The van der Waals surface area contributed by atoms with E-state index in [1.54, 1.807) is 40.0 Å². The molecular formula is C45H68ClN5O14S. The zero-order valence-corrected chi connectivity index (χ0v) is 41.3. The number of anilines is 1. The van der Waals surface area contributed by atoms with Crippen LogP contribution in [0.3, 0.4) is 0 Å². The molecule has 0 radical (unpaired) electrons. The number of allylic oxidation sites excluding steroid dienone is 2. The summed E-state index contributed by atoms with van der Waals surface area (Å²) in [7, 11) is 5.89. The first-order chi connectivity index (χ1) is 31.2. The third-order valence-electron chi connectivity index (χ3n) is 12.6. The highest BCUT2D eigenvalue weighted by Crippen LogP contribution is 2.49. The molecule has 19 nitrogen and oxygen atoms in total. The molecule has 3 saturated heterocycles. The van der Waals surface area contributed by atoms with Gasteiger partial charge < -0.3 is 53.8 Å². The molecule has 0 spiro atoms. The lowest BCUT2D eigenvalue weighted by Crippen LogP contribution is -2.63. The summed E-state index contributed by atoms with van der Waals surface area (Å²) < 4.78 is 39.6. The number of esters is 1. The van der Waals surface area contributed by atoms with Crippen molar-refractivity contribution in [2.24, 2.45) is 11.7 Å². The van der Waals surface area contributed by atoms with Crippen LogP contribution in [0.25, 0.3) is 0 Å². The van der Waals surface area contributed by atoms with Crippen molar-refractivity contribution in [2.75, 3.05) is 78.5 Å². The molecule has 4 rings (SSSR count). The lowest BCUT2D eigenvalue weighted by atomic mass is 9.84. The van der Waals surface area contributed by atoms with Crippen molar-refractivity contribution in [3.63, 3.8) is 0 Å². The number of nitrogens with zero attached hydrogens (tertiary/aromatic N) is 3. The molecule has 0 bridgehead atoms. The van der Waals surface area contributed by atoms with Gasteiger partial charge in [0, 0.05) is 58.7 Å². The fourth-order valence-corrected chi connectivity index (χ4v) is 9.25. The average Bonchev–Trinajstić information content (AvgIpc) is 3.91. The maximum Gasteiger partial charge on any atom is 0.409 e. The van der Waals surface area contributed by atoms with E-state index in [0.29, 0.717) is 44.2 Å². The highest BCUT2D eigenvalue weighted by molar-refractivity contribution is 8.00. The second kappa shape index (κ2) is 24.3. The number of halogens is 1. The fourth-order valence-electron chi connectivity index (χ4n) is 7.83. The van der Waals surface area contributed by atoms with Gasteiger partial charge in [-0.1, -0.05) is 30.2 Å². The van der Waals surface area contributed by atoms with E-state index in [0.717, 1.165) is 16.0 Å². The number of hydrogen-bond donors (Lipinski definition) is 3. The van der Waals surface area contributed by atoms with E-state index in [1.807, 2.05) is 19.9 Å². The number of thioether (sulfide) groups is 1. The number of epoxide rings is 1. The first-order valence-corrected chi connectivity index (χ1v) is 23.5.